The fourth-order valence-corrected chi connectivity index (χ4v) is 5.51. The molecule has 236 valence electrons. The minimum atomic E-state index is -0.543. The third kappa shape index (κ3) is 6.51. The molecule has 1 fully saturated rings. The molecule has 2 aromatic rings. The summed E-state index contributed by atoms with van der Waals surface area (Å²) in [6.07, 6.45) is 0. The number of hydrogen-bond donors (Lipinski definition) is 1. The first-order chi connectivity index (χ1) is 20.6. The lowest BCUT2D eigenvalue weighted by molar-refractivity contribution is -0.847. The quantitative estimate of drug-likeness (QED) is 0.363. The predicted octanol–water partition coefficient (Wildman–Crippen LogP) is 2.64. The van der Waals surface area contributed by atoms with Gasteiger partial charge < -0.3 is 44.0 Å². The van der Waals surface area contributed by atoms with Crippen LogP contribution in [0.15, 0.2) is 24.3 Å². The number of piperazine rings is 1. The minimum Gasteiger partial charge on any atom is -0.493 e. The fraction of sp³-hybridized carbons (Fsp3) is 0.500. The molecule has 0 bridgehead atoms. The Hall–Kier alpha value is -4.39. The molecule has 0 spiro atoms. The number of quaternary nitrogens is 1. The molecule has 2 aromatic carbocycles. The second-order valence-electron chi connectivity index (χ2n) is 10.0. The van der Waals surface area contributed by atoms with E-state index in [4.69, 9.17) is 34.2 Å². The first kappa shape index (κ1) is 33.1. The minimum absolute atomic E-state index is 0.0596. The Labute approximate surface area is 252 Å². The summed E-state index contributed by atoms with van der Waals surface area (Å²) in [7, 11) is 8.88. The molecule has 0 aromatic heterocycles. The lowest BCUT2D eigenvalue weighted by Gasteiger charge is -2.45. The third-order valence-electron chi connectivity index (χ3n) is 8.09. The highest BCUT2D eigenvalue weighted by molar-refractivity contribution is 5.97. The molecule has 43 heavy (non-hydrogen) atoms. The monoisotopic (exact) mass is 603 g/mol. The van der Waals surface area contributed by atoms with E-state index in [1.165, 1.54) is 42.7 Å². The van der Waals surface area contributed by atoms with Crippen molar-refractivity contribution in [1.82, 2.24) is 9.80 Å². The van der Waals surface area contributed by atoms with E-state index in [-0.39, 0.29) is 42.5 Å². The molecule has 0 radical (unpaired) electrons. The summed E-state index contributed by atoms with van der Waals surface area (Å²) < 4.78 is 32.5. The maximum atomic E-state index is 14.1. The average molecular weight is 604 g/mol. The van der Waals surface area contributed by atoms with Gasteiger partial charge in [-0.3, -0.25) is 9.59 Å². The van der Waals surface area contributed by atoms with Crippen LogP contribution >= 0.6 is 0 Å². The largest absolute Gasteiger partial charge is 0.493 e. The molecule has 13 nitrogen and oxygen atoms in total. The molecule has 3 rings (SSSR count). The molecule has 13 heteroatoms. The summed E-state index contributed by atoms with van der Waals surface area (Å²) in [5.41, 5.74) is 6.54. The smallest absolute Gasteiger partial charge is 0.414 e. The number of benzene rings is 2. The van der Waals surface area contributed by atoms with Gasteiger partial charge in [-0.1, -0.05) is 0 Å². The maximum Gasteiger partial charge on any atom is 0.414 e. The van der Waals surface area contributed by atoms with E-state index in [2.05, 4.69) is 0 Å². The van der Waals surface area contributed by atoms with Crippen molar-refractivity contribution in [2.24, 2.45) is 5.73 Å². The van der Waals surface area contributed by atoms with Crippen molar-refractivity contribution in [2.45, 2.75) is 19.9 Å². The number of methoxy groups -OCH3 is 6. The molecule has 4 amide bonds. The summed E-state index contributed by atoms with van der Waals surface area (Å²) in [5.74, 6) is 1.51. The average Bonchev–Trinajstić information content (AvgIpc) is 3.04. The van der Waals surface area contributed by atoms with Crippen LogP contribution in [-0.2, 0) is 0 Å². The van der Waals surface area contributed by atoms with Gasteiger partial charge in [0.25, 0.3) is 11.8 Å². The van der Waals surface area contributed by atoms with E-state index in [9.17, 15) is 14.4 Å². The van der Waals surface area contributed by atoms with Crippen molar-refractivity contribution in [1.29, 1.82) is 0 Å². The van der Waals surface area contributed by atoms with Gasteiger partial charge in [0.1, 0.15) is 6.54 Å². The van der Waals surface area contributed by atoms with Crippen molar-refractivity contribution in [2.75, 3.05) is 81.9 Å². The molecule has 1 aliphatic rings. The Morgan fingerprint density at radius 1 is 0.721 bits per heavy atom. The van der Waals surface area contributed by atoms with E-state index in [1.807, 2.05) is 13.8 Å². The van der Waals surface area contributed by atoms with Crippen LogP contribution in [0.2, 0.25) is 0 Å². The number of amides is 4. The van der Waals surface area contributed by atoms with Crippen LogP contribution in [0.3, 0.4) is 0 Å². The van der Waals surface area contributed by atoms with Gasteiger partial charge in [0, 0.05) is 30.8 Å². The Morgan fingerprint density at radius 2 is 1.14 bits per heavy atom. The summed E-state index contributed by atoms with van der Waals surface area (Å²) >= 11 is 0. The standard InChI is InChI=1S/C30H42N4O9/c1-9-34(10-2,30(31)37)18-21-17-32(28(35)19-13-22(38-3)26(42-7)23(14-19)39-4)11-12-33(21)29(36)20-15-24(40-5)27(43-8)25(16-20)41-6/h13-16,21H,9-12,17-18H2,1-8H3,(H-,31,37)/p+1. The molecular weight excluding hydrogens is 560 g/mol. The number of nitrogens with zero attached hydrogens (tertiary/aromatic N) is 3. The second-order valence-corrected chi connectivity index (χ2v) is 10.0. The maximum absolute atomic E-state index is 14.1. The lowest BCUT2D eigenvalue weighted by atomic mass is 10.0. The Bertz CT molecular complexity index is 1280. The lowest BCUT2D eigenvalue weighted by Crippen LogP contribution is -2.66. The number of nitrogens with two attached hydrogens (primary N) is 1. The zero-order chi connectivity index (χ0) is 31.9. The molecule has 0 saturated carbocycles. The summed E-state index contributed by atoms with van der Waals surface area (Å²) in [5, 5.41) is 0. The van der Waals surface area contributed by atoms with Crippen LogP contribution < -0.4 is 34.2 Å². The number of hydrogen-bond acceptors (Lipinski definition) is 9. The third-order valence-corrected chi connectivity index (χ3v) is 8.09. The molecule has 1 heterocycles. The molecule has 1 aliphatic heterocycles. The van der Waals surface area contributed by atoms with Crippen LogP contribution in [0, 0.1) is 0 Å². The number of carbonyl (C=O) groups excluding carboxylic acids is 3. The SMILES string of the molecule is CC[N+](CC)(CC1CN(C(=O)c2cc(OC)c(OC)c(OC)c2)CCN1C(=O)c1cc(OC)c(OC)c(OC)c1)C(N)=O. The van der Waals surface area contributed by atoms with Gasteiger partial charge in [0.2, 0.25) is 11.5 Å². The van der Waals surface area contributed by atoms with Gasteiger partial charge in [-0.15, -0.1) is 0 Å². The van der Waals surface area contributed by atoms with Crippen molar-refractivity contribution >= 4 is 17.8 Å². The predicted molar refractivity (Wildman–Crippen MR) is 159 cm³/mol. The number of primary amides is 1. The summed E-state index contributed by atoms with van der Waals surface area (Å²) in [6.45, 7) is 5.45. The zero-order valence-electron chi connectivity index (χ0n) is 26.2. The van der Waals surface area contributed by atoms with Gasteiger partial charge in [0.05, 0.1) is 61.8 Å². The number of rotatable bonds is 12. The highest BCUT2D eigenvalue weighted by Gasteiger charge is 2.42. The van der Waals surface area contributed by atoms with E-state index >= 15 is 0 Å². The Balaban J connectivity index is 2.04. The van der Waals surface area contributed by atoms with E-state index in [1.54, 1.807) is 34.1 Å². The molecule has 1 unspecified atom stereocenters. The molecular formula is C30H43N4O9+. The summed E-state index contributed by atoms with van der Waals surface area (Å²) in [6, 6.07) is 5.31. The molecule has 0 aliphatic carbocycles. The van der Waals surface area contributed by atoms with Crippen LogP contribution in [0.4, 0.5) is 4.79 Å². The van der Waals surface area contributed by atoms with Crippen molar-refractivity contribution in [3.63, 3.8) is 0 Å². The van der Waals surface area contributed by atoms with E-state index < -0.39 is 12.1 Å². The van der Waals surface area contributed by atoms with E-state index in [0.717, 1.165) is 0 Å². The topological polar surface area (TPSA) is 139 Å². The number of carbonyl (C=O) groups is 3. The van der Waals surface area contributed by atoms with Gasteiger partial charge in [0.15, 0.2) is 23.0 Å². The van der Waals surface area contributed by atoms with Crippen molar-refractivity contribution in [3.05, 3.63) is 35.4 Å². The molecule has 1 saturated heterocycles. The summed E-state index contributed by atoms with van der Waals surface area (Å²) in [4.78, 5) is 43.9. The highest BCUT2D eigenvalue weighted by atomic mass is 16.5. The van der Waals surface area contributed by atoms with E-state index in [0.29, 0.717) is 58.7 Å². The van der Waals surface area contributed by atoms with Crippen LogP contribution in [0.5, 0.6) is 34.5 Å². The van der Waals surface area contributed by atoms with Crippen LogP contribution in [-0.4, -0.2) is 120 Å². The number of likely N-dealkylation sites (N-methyl/N-ethyl adjacent to an activating group) is 1. The van der Waals surface area contributed by atoms with Crippen LogP contribution in [0.1, 0.15) is 34.6 Å². The van der Waals surface area contributed by atoms with Gasteiger partial charge in [-0.05, 0) is 38.1 Å². The van der Waals surface area contributed by atoms with Crippen molar-refractivity contribution in [3.8, 4) is 34.5 Å². The Morgan fingerprint density at radius 3 is 1.49 bits per heavy atom. The highest BCUT2D eigenvalue weighted by Crippen LogP contribution is 2.40. The fourth-order valence-electron chi connectivity index (χ4n) is 5.51. The normalized spacial score (nSPS) is 15.0. The Kier molecular flexibility index (Phi) is 10.9. The zero-order valence-corrected chi connectivity index (χ0v) is 26.2. The molecule has 1 atom stereocenters. The second kappa shape index (κ2) is 14.2. The first-order valence-corrected chi connectivity index (χ1v) is 13.9. The number of urea groups is 1. The molecule has 2 N–H and O–H groups in total. The number of ether oxygens (including phenoxy) is 6. The first-order valence-electron chi connectivity index (χ1n) is 13.9. The van der Waals surface area contributed by atoms with Crippen LogP contribution in [0.25, 0.3) is 0 Å². The van der Waals surface area contributed by atoms with Crippen molar-refractivity contribution < 1.29 is 47.3 Å². The van der Waals surface area contributed by atoms with Gasteiger partial charge in [-0.25, -0.2) is 9.28 Å². The van der Waals surface area contributed by atoms with Gasteiger partial charge in [-0.2, -0.15) is 0 Å². The van der Waals surface area contributed by atoms with Gasteiger partial charge >= 0.3 is 6.03 Å².